The van der Waals surface area contributed by atoms with Gasteiger partial charge in [0.25, 0.3) is 0 Å². The number of methoxy groups -OCH3 is 1. The minimum absolute atomic E-state index is 0.120. The van der Waals surface area contributed by atoms with Gasteiger partial charge in [-0.05, 0) is 18.2 Å². The summed E-state index contributed by atoms with van der Waals surface area (Å²) in [5.74, 6) is -0.0316. The second-order valence-corrected chi connectivity index (χ2v) is 5.65. The van der Waals surface area contributed by atoms with Crippen LogP contribution in [-0.2, 0) is 16.6 Å². The maximum atomic E-state index is 11.7. The van der Waals surface area contributed by atoms with Crippen molar-refractivity contribution in [1.29, 1.82) is 0 Å². The third-order valence-electron chi connectivity index (χ3n) is 4.32. The Hall–Kier alpha value is -2.57. The van der Waals surface area contributed by atoms with Crippen LogP contribution in [0.1, 0.15) is 17.5 Å². The number of benzene rings is 1. The predicted molar refractivity (Wildman–Crippen MR) is 86.5 cm³/mol. The summed E-state index contributed by atoms with van der Waals surface area (Å²) in [5, 5.41) is 0. The lowest BCUT2D eigenvalue weighted by molar-refractivity contribution is -0.129. The molecule has 0 spiro atoms. The Labute approximate surface area is 134 Å². The van der Waals surface area contributed by atoms with E-state index >= 15 is 0 Å². The first-order valence-electron chi connectivity index (χ1n) is 7.56. The van der Waals surface area contributed by atoms with Gasteiger partial charge in [-0.3, -0.25) is 4.79 Å². The quantitative estimate of drug-likeness (QED) is 0.774. The molecule has 0 atom stereocenters. The summed E-state index contributed by atoms with van der Waals surface area (Å²) in [7, 11) is 3.15. The molecule has 3 rings (SSSR count). The average molecular weight is 316 g/mol. The van der Waals surface area contributed by atoms with Gasteiger partial charge < -0.3 is 19.1 Å². The first-order valence-corrected chi connectivity index (χ1v) is 7.56. The lowest BCUT2D eigenvalue weighted by Crippen LogP contribution is -2.48. The highest BCUT2D eigenvalue weighted by Crippen LogP contribution is 2.24. The van der Waals surface area contributed by atoms with Crippen molar-refractivity contribution < 1.29 is 14.3 Å². The van der Waals surface area contributed by atoms with Crippen molar-refractivity contribution in [3.05, 3.63) is 24.0 Å². The molecule has 0 unspecified atom stereocenters. The molecule has 1 amide bonds. The van der Waals surface area contributed by atoms with Crippen molar-refractivity contribution in [3.8, 4) is 0 Å². The smallest absolute Gasteiger partial charge is 0.374 e. The molecule has 7 nitrogen and oxygen atoms in total. The monoisotopic (exact) mass is 316 g/mol. The first-order chi connectivity index (χ1) is 11.0. The minimum Gasteiger partial charge on any atom is -0.463 e. The molecule has 1 aromatic heterocycles. The van der Waals surface area contributed by atoms with E-state index in [4.69, 9.17) is 4.74 Å². The summed E-state index contributed by atoms with van der Waals surface area (Å²) < 4.78 is 6.50. The van der Waals surface area contributed by atoms with Crippen molar-refractivity contribution >= 4 is 28.6 Å². The van der Waals surface area contributed by atoms with Crippen molar-refractivity contribution in [2.45, 2.75) is 6.92 Å². The highest BCUT2D eigenvalue weighted by molar-refractivity contribution is 5.92. The summed E-state index contributed by atoms with van der Waals surface area (Å²) in [6, 6.07) is 5.94. The molecule has 1 fully saturated rings. The van der Waals surface area contributed by atoms with E-state index in [2.05, 4.69) is 9.88 Å². The van der Waals surface area contributed by atoms with Gasteiger partial charge in [0, 0.05) is 45.8 Å². The highest BCUT2D eigenvalue weighted by atomic mass is 16.5. The van der Waals surface area contributed by atoms with E-state index in [-0.39, 0.29) is 5.91 Å². The van der Waals surface area contributed by atoms with Gasteiger partial charge in [-0.2, -0.15) is 0 Å². The number of imidazole rings is 1. The number of nitrogens with zero attached hydrogens (tertiary/aromatic N) is 4. The maximum Gasteiger partial charge on any atom is 0.374 e. The van der Waals surface area contributed by atoms with Gasteiger partial charge in [0.1, 0.15) is 0 Å². The van der Waals surface area contributed by atoms with Crippen LogP contribution < -0.4 is 4.90 Å². The zero-order valence-electron chi connectivity index (χ0n) is 13.6. The molecule has 122 valence electrons. The van der Waals surface area contributed by atoms with Crippen LogP contribution in [0.4, 0.5) is 5.69 Å². The lowest BCUT2D eigenvalue weighted by Gasteiger charge is -2.35. The number of carbonyl (C=O) groups is 2. The molecule has 0 aliphatic carbocycles. The van der Waals surface area contributed by atoms with Gasteiger partial charge in [-0.1, -0.05) is 0 Å². The molecule has 0 bridgehead atoms. The highest BCUT2D eigenvalue weighted by Gasteiger charge is 2.20. The normalized spacial score (nSPS) is 15.1. The number of carbonyl (C=O) groups excluding carboxylic acids is 2. The minimum atomic E-state index is -0.444. The van der Waals surface area contributed by atoms with E-state index in [9.17, 15) is 9.59 Å². The van der Waals surface area contributed by atoms with E-state index in [1.54, 1.807) is 18.5 Å². The molecule has 7 heteroatoms. The van der Waals surface area contributed by atoms with Gasteiger partial charge in [0.2, 0.25) is 11.7 Å². The number of fused-ring (bicyclic) bond motifs is 1. The van der Waals surface area contributed by atoms with Crippen molar-refractivity contribution in [1.82, 2.24) is 14.5 Å². The molecule has 0 radical (unpaired) electrons. The molecule has 1 aliphatic rings. The number of rotatable bonds is 2. The molecule has 2 aromatic rings. The first kappa shape index (κ1) is 15.3. The summed E-state index contributed by atoms with van der Waals surface area (Å²) in [5.41, 5.74) is 2.72. The van der Waals surface area contributed by atoms with Crippen LogP contribution in [0.25, 0.3) is 11.0 Å². The number of ether oxygens (including phenoxy) is 1. The zero-order valence-corrected chi connectivity index (χ0v) is 13.6. The average Bonchev–Trinajstić information content (AvgIpc) is 2.90. The third-order valence-corrected chi connectivity index (χ3v) is 4.32. The largest absolute Gasteiger partial charge is 0.463 e. The summed E-state index contributed by atoms with van der Waals surface area (Å²) in [6.45, 7) is 4.66. The van der Waals surface area contributed by atoms with Gasteiger partial charge in [-0.15, -0.1) is 0 Å². The fourth-order valence-corrected chi connectivity index (χ4v) is 2.93. The van der Waals surface area contributed by atoms with Crippen LogP contribution in [0.3, 0.4) is 0 Å². The molecular weight excluding hydrogens is 296 g/mol. The summed E-state index contributed by atoms with van der Waals surface area (Å²) in [6.07, 6.45) is 0. The molecule has 1 aromatic carbocycles. The van der Waals surface area contributed by atoms with Crippen LogP contribution >= 0.6 is 0 Å². The Bertz CT molecular complexity index is 760. The third kappa shape index (κ3) is 2.74. The standard InChI is InChI=1S/C16H20N4O3/c1-11(21)19-6-8-20(9-7-19)12-4-5-13-14(10-12)18(2)15(17-13)16(22)23-3/h4-5,10H,6-9H2,1-3H3. The lowest BCUT2D eigenvalue weighted by atomic mass is 10.2. The molecule has 2 heterocycles. The Morgan fingerprint density at radius 2 is 1.87 bits per heavy atom. The number of aromatic nitrogens is 2. The van der Waals surface area contributed by atoms with Crippen LogP contribution in [0.2, 0.25) is 0 Å². The summed E-state index contributed by atoms with van der Waals surface area (Å²) in [4.78, 5) is 31.6. The molecule has 1 aliphatic heterocycles. The molecule has 0 saturated carbocycles. The number of amides is 1. The van der Waals surface area contributed by atoms with Gasteiger partial charge >= 0.3 is 5.97 Å². The number of aryl methyl sites for hydroxylation is 1. The van der Waals surface area contributed by atoms with E-state index in [0.717, 1.165) is 42.9 Å². The fourth-order valence-electron chi connectivity index (χ4n) is 2.93. The van der Waals surface area contributed by atoms with E-state index in [0.29, 0.717) is 5.82 Å². The van der Waals surface area contributed by atoms with Crippen LogP contribution in [0, 0.1) is 0 Å². The van der Waals surface area contributed by atoms with Crippen LogP contribution in [0.15, 0.2) is 18.2 Å². The summed E-state index contributed by atoms with van der Waals surface area (Å²) >= 11 is 0. The van der Waals surface area contributed by atoms with Gasteiger partial charge in [0.15, 0.2) is 0 Å². The van der Waals surface area contributed by atoms with Gasteiger partial charge in [-0.25, -0.2) is 9.78 Å². The molecule has 1 saturated heterocycles. The number of hydrogen-bond donors (Lipinski definition) is 0. The zero-order chi connectivity index (χ0) is 16.6. The van der Waals surface area contributed by atoms with Crippen LogP contribution in [0.5, 0.6) is 0 Å². The van der Waals surface area contributed by atoms with E-state index in [1.165, 1.54) is 7.11 Å². The van der Waals surface area contributed by atoms with Crippen molar-refractivity contribution in [2.24, 2.45) is 7.05 Å². The topological polar surface area (TPSA) is 67.7 Å². The number of esters is 1. The second kappa shape index (κ2) is 5.91. The second-order valence-electron chi connectivity index (χ2n) is 5.65. The number of hydrogen-bond acceptors (Lipinski definition) is 5. The molecule has 23 heavy (non-hydrogen) atoms. The van der Waals surface area contributed by atoms with Gasteiger partial charge in [0.05, 0.1) is 18.1 Å². The maximum absolute atomic E-state index is 11.7. The number of anilines is 1. The predicted octanol–water partition coefficient (Wildman–Crippen LogP) is 1.03. The van der Waals surface area contributed by atoms with Crippen molar-refractivity contribution in [3.63, 3.8) is 0 Å². The Morgan fingerprint density at radius 1 is 1.17 bits per heavy atom. The fraction of sp³-hybridized carbons (Fsp3) is 0.438. The van der Waals surface area contributed by atoms with Crippen molar-refractivity contribution in [2.75, 3.05) is 38.2 Å². The SMILES string of the molecule is COC(=O)c1nc2ccc(N3CCN(C(C)=O)CC3)cc2n1C. The molecular formula is C16H20N4O3. The van der Waals surface area contributed by atoms with Crippen LogP contribution in [-0.4, -0.2) is 59.6 Å². The Balaban J connectivity index is 1.87. The van der Waals surface area contributed by atoms with E-state index in [1.807, 2.05) is 23.1 Å². The Morgan fingerprint density at radius 3 is 2.48 bits per heavy atom. The Kier molecular flexibility index (Phi) is 3.94. The van der Waals surface area contributed by atoms with E-state index < -0.39 is 5.97 Å². The molecule has 0 N–H and O–H groups in total. The number of piperazine rings is 1.